The number of carboxylic acids is 1. The highest BCUT2D eigenvalue weighted by molar-refractivity contribution is 5.99. The number of aryl methyl sites for hydroxylation is 1. The third-order valence-corrected chi connectivity index (χ3v) is 7.56. The van der Waals surface area contributed by atoms with Gasteiger partial charge in [-0.05, 0) is 82.8 Å². The topological polar surface area (TPSA) is 120 Å². The van der Waals surface area contributed by atoms with Crippen molar-refractivity contribution >= 4 is 34.4 Å². The maximum absolute atomic E-state index is 12.6. The van der Waals surface area contributed by atoms with E-state index in [1.54, 1.807) is 6.20 Å². The van der Waals surface area contributed by atoms with Crippen LogP contribution in [0.5, 0.6) is 0 Å². The second-order valence-electron chi connectivity index (χ2n) is 10.9. The molecule has 216 valence electrons. The van der Waals surface area contributed by atoms with E-state index in [1.807, 2.05) is 49.4 Å². The van der Waals surface area contributed by atoms with Crippen LogP contribution in [-0.4, -0.2) is 41.0 Å². The molecule has 8 heteroatoms. The highest BCUT2D eigenvalue weighted by Crippen LogP contribution is 2.44. The molecule has 1 fully saturated rings. The zero-order valence-electron chi connectivity index (χ0n) is 23.7. The standard InChI is InChI=1S/C34H36N4O4/c1-22-16-18-36-31(19-22)35-17-4-7-32(39)37-21-33(40)38-30(20-34(41)42)25-12-10-24(11-13-25)27-15-14-26(23-8-9-23)28-5-2-3-6-29(27)28/h2-3,5-6,10-16,18-19,23,30H,4,7-9,17,20-21H2,1H3,(H,35,36)(H,37,39)(H,38,40)(H,41,42)/t30-/m0/s1. The number of amides is 2. The highest BCUT2D eigenvalue weighted by atomic mass is 16.4. The first kappa shape index (κ1) is 28.8. The number of carbonyl (C=O) groups is 3. The molecule has 4 N–H and O–H groups in total. The molecule has 3 aromatic carbocycles. The normalized spacial score (nSPS) is 13.4. The molecule has 0 radical (unpaired) electrons. The van der Waals surface area contributed by atoms with E-state index in [-0.39, 0.29) is 25.3 Å². The molecule has 0 saturated heterocycles. The van der Waals surface area contributed by atoms with E-state index in [0.29, 0.717) is 24.4 Å². The van der Waals surface area contributed by atoms with Crippen molar-refractivity contribution in [2.45, 2.75) is 51.0 Å². The van der Waals surface area contributed by atoms with Gasteiger partial charge in [-0.15, -0.1) is 0 Å². The zero-order valence-corrected chi connectivity index (χ0v) is 23.7. The van der Waals surface area contributed by atoms with Gasteiger partial charge in [0.2, 0.25) is 11.8 Å². The Bertz CT molecular complexity index is 1580. The van der Waals surface area contributed by atoms with Gasteiger partial charge < -0.3 is 21.1 Å². The lowest BCUT2D eigenvalue weighted by molar-refractivity contribution is -0.138. The van der Waals surface area contributed by atoms with Crippen LogP contribution in [0.2, 0.25) is 0 Å². The van der Waals surface area contributed by atoms with Crippen molar-refractivity contribution in [1.29, 1.82) is 0 Å². The number of pyridine rings is 1. The lowest BCUT2D eigenvalue weighted by Crippen LogP contribution is -2.39. The average Bonchev–Trinajstić information content (AvgIpc) is 3.83. The van der Waals surface area contributed by atoms with Crippen molar-refractivity contribution in [2.24, 2.45) is 0 Å². The lowest BCUT2D eigenvalue weighted by atomic mass is 9.92. The Kier molecular flexibility index (Phi) is 9.12. The Hall–Kier alpha value is -4.72. The number of hydrogen-bond donors (Lipinski definition) is 4. The minimum Gasteiger partial charge on any atom is -0.481 e. The van der Waals surface area contributed by atoms with Gasteiger partial charge in [0.1, 0.15) is 5.82 Å². The van der Waals surface area contributed by atoms with Crippen molar-refractivity contribution in [3.8, 4) is 11.1 Å². The smallest absolute Gasteiger partial charge is 0.305 e. The van der Waals surface area contributed by atoms with Crippen LogP contribution in [0.25, 0.3) is 21.9 Å². The van der Waals surface area contributed by atoms with Crippen LogP contribution in [0, 0.1) is 6.92 Å². The molecule has 5 rings (SSSR count). The fourth-order valence-corrected chi connectivity index (χ4v) is 5.26. The predicted octanol–water partition coefficient (Wildman–Crippen LogP) is 5.73. The van der Waals surface area contributed by atoms with Crippen LogP contribution in [0.15, 0.2) is 79.0 Å². The second-order valence-corrected chi connectivity index (χ2v) is 10.9. The number of nitrogens with one attached hydrogen (secondary N) is 3. The quantitative estimate of drug-likeness (QED) is 0.154. The van der Waals surface area contributed by atoms with Gasteiger partial charge in [-0.25, -0.2) is 4.98 Å². The summed E-state index contributed by atoms with van der Waals surface area (Å²) in [4.78, 5) is 40.7. The summed E-state index contributed by atoms with van der Waals surface area (Å²) in [7, 11) is 0. The van der Waals surface area contributed by atoms with E-state index < -0.39 is 17.9 Å². The minimum atomic E-state index is -1.02. The molecule has 4 aromatic rings. The molecular formula is C34H36N4O4. The third-order valence-electron chi connectivity index (χ3n) is 7.56. The van der Waals surface area contributed by atoms with Crippen molar-refractivity contribution in [3.63, 3.8) is 0 Å². The fraction of sp³-hybridized carbons (Fsp3) is 0.294. The van der Waals surface area contributed by atoms with Gasteiger partial charge in [-0.2, -0.15) is 0 Å². The predicted molar refractivity (Wildman–Crippen MR) is 164 cm³/mol. The summed E-state index contributed by atoms with van der Waals surface area (Å²) in [6.45, 7) is 2.34. The Labute approximate surface area is 245 Å². The fourth-order valence-electron chi connectivity index (χ4n) is 5.26. The van der Waals surface area contributed by atoms with Gasteiger partial charge in [-0.3, -0.25) is 14.4 Å². The van der Waals surface area contributed by atoms with Gasteiger partial charge in [0, 0.05) is 19.2 Å². The second kappa shape index (κ2) is 13.3. The number of carboxylic acid groups (broad SMARTS) is 1. The molecule has 8 nitrogen and oxygen atoms in total. The number of rotatable bonds is 13. The summed E-state index contributed by atoms with van der Waals surface area (Å²) in [6.07, 6.45) is 4.77. The number of aliphatic carboxylic acids is 1. The molecule has 1 saturated carbocycles. The molecule has 1 aliphatic rings. The summed E-state index contributed by atoms with van der Waals surface area (Å²) in [5.41, 5.74) is 5.33. The molecule has 2 amide bonds. The van der Waals surface area contributed by atoms with Gasteiger partial charge in [0.15, 0.2) is 0 Å². The molecule has 0 spiro atoms. The van der Waals surface area contributed by atoms with E-state index in [4.69, 9.17) is 0 Å². The first-order valence-corrected chi connectivity index (χ1v) is 14.4. The molecule has 42 heavy (non-hydrogen) atoms. The van der Waals surface area contributed by atoms with E-state index in [1.165, 1.54) is 29.2 Å². The van der Waals surface area contributed by atoms with Gasteiger partial charge in [-0.1, -0.05) is 60.7 Å². The maximum atomic E-state index is 12.6. The number of carbonyl (C=O) groups excluding carboxylic acids is 2. The highest BCUT2D eigenvalue weighted by Gasteiger charge is 2.26. The van der Waals surface area contributed by atoms with E-state index in [9.17, 15) is 19.5 Å². The number of anilines is 1. The lowest BCUT2D eigenvalue weighted by Gasteiger charge is -2.19. The number of hydrogen-bond acceptors (Lipinski definition) is 5. The van der Waals surface area contributed by atoms with E-state index in [0.717, 1.165) is 22.5 Å². The Balaban J connectivity index is 1.16. The van der Waals surface area contributed by atoms with E-state index in [2.05, 4.69) is 51.3 Å². The van der Waals surface area contributed by atoms with Crippen LogP contribution in [0.3, 0.4) is 0 Å². The minimum absolute atomic E-state index is 0.223. The van der Waals surface area contributed by atoms with Crippen LogP contribution < -0.4 is 16.0 Å². The first-order chi connectivity index (χ1) is 20.4. The van der Waals surface area contributed by atoms with Crippen LogP contribution >= 0.6 is 0 Å². The molecular weight excluding hydrogens is 528 g/mol. The summed E-state index contributed by atoms with van der Waals surface area (Å²) >= 11 is 0. The summed E-state index contributed by atoms with van der Waals surface area (Å²) in [5.74, 6) is -0.307. The average molecular weight is 565 g/mol. The molecule has 1 aliphatic carbocycles. The monoisotopic (exact) mass is 564 g/mol. The molecule has 1 heterocycles. The summed E-state index contributed by atoms with van der Waals surface area (Å²) < 4.78 is 0. The Morgan fingerprint density at radius 2 is 1.71 bits per heavy atom. The van der Waals surface area contributed by atoms with Crippen LogP contribution in [0.4, 0.5) is 5.82 Å². The number of fused-ring (bicyclic) bond motifs is 1. The van der Waals surface area contributed by atoms with Crippen LogP contribution in [-0.2, 0) is 14.4 Å². The largest absolute Gasteiger partial charge is 0.481 e. The summed E-state index contributed by atoms with van der Waals surface area (Å²) in [6, 6.07) is 23.6. The van der Waals surface area contributed by atoms with Gasteiger partial charge in [0.25, 0.3) is 0 Å². The molecule has 1 aromatic heterocycles. The maximum Gasteiger partial charge on any atom is 0.305 e. The van der Waals surface area contributed by atoms with E-state index >= 15 is 0 Å². The van der Waals surface area contributed by atoms with Crippen molar-refractivity contribution in [3.05, 3.63) is 95.7 Å². The zero-order chi connectivity index (χ0) is 29.5. The first-order valence-electron chi connectivity index (χ1n) is 14.4. The van der Waals surface area contributed by atoms with Gasteiger partial charge in [0.05, 0.1) is 19.0 Å². The number of nitrogens with zero attached hydrogens (tertiary/aromatic N) is 1. The summed E-state index contributed by atoms with van der Waals surface area (Å²) in [5, 5.41) is 20.5. The number of aromatic nitrogens is 1. The molecule has 0 bridgehead atoms. The van der Waals surface area contributed by atoms with Crippen molar-refractivity contribution < 1.29 is 19.5 Å². The van der Waals surface area contributed by atoms with Crippen molar-refractivity contribution in [1.82, 2.24) is 15.6 Å². The molecule has 0 aliphatic heterocycles. The Morgan fingerprint density at radius 3 is 2.43 bits per heavy atom. The van der Waals surface area contributed by atoms with Crippen LogP contribution in [0.1, 0.15) is 60.8 Å². The van der Waals surface area contributed by atoms with Gasteiger partial charge >= 0.3 is 5.97 Å². The molecule has 0 unspecified atom stereocenters. The SMILES string of the molecule is Cc1ccnc(NCCCC(=O)NCC(=O)N[C@@H](CC(=O)O)c2ccc(-c3ccc(C4CC4)c4ccccc34)cc2)c1. The third kappa shape index (κ3) is 7.51. The number of benzene rings is 3. The molecule has 1 atom stereocenters. The Morgan fingerprint density at radius 1 is 0.952 bits per heavy atom. The van der Waals surface area contributed by atoms with Crippen molar-refractivity contribution in [2.75, 3.05) is 18.4 Å².